The summed E-state index contributed by atoms with van der Waals surface area (Å²) in [6.07, 6.45) is 9.42. The summed E-state index contributed by atoms with van der Waals surface area (Å²) in [5.74, 6) is 0. The molecule has 0 N–H and O–H groups in total. The molecule has 0 atom stereocenters. The van der Waals surface area contributed by atoms with Crippen LogP contribution in [-0.2, 0) is 34.7 Å². The molecule has 0 rings (SSSR count). The van der Waals surface area contributed by atoms with E-state index in [0.29, 0.717) is 15.8 Å². The average molecular weight is 533 g/mol. The van der Waals surface area contributed by atoms with E-state index in [4.69, 9.17) is 0 Å². The molecule has 0 aliphatic heterocycles. The molecule has 0 aliphatic carbocycles. The molecule has 0 aromatic rings. The van der Waals surface area contributed by atoms with Crippen LogP contribution in [0.25, 0.3) is 0 Å². The minimum atomic E-state index is -5.43. The molecule has 0 aromatic carbocycles. The second kappa shape index (κ2) is 20.7. The monoisotopic (exact) mass is 532 g/mol. The maximum atomic E-state index is 11.4. The molecule has 0 spiro atoms. The van der Waals surface area contributed by atoms with Gasteiger partial charge in [-0.05, 0) is 37.0 Å². The fraction of sp³-hybridized carbons (Fsp3) is 0.875. The zero-order valence-electron chi connectivity index (χ0n) is 16.7. The van der Waals surface area contributed by atoms with Gasteiger partial charge in [-0.15, -0.1) is 22.4 Å². The van der Waals surface area contributed by atoms with Crippen LogP contribution in [0, 0.1) is 0 Å². The van der Waals surface area contributed by atoms with Crippen molar-refractivity contribution in [3.63, 3.8) is 0 Å². The zero-order chi connectivity index (χ0) is 20.5. The van der Waals surface area contributed by atoms with E-state index in [0.717, 1.165) is 6.08 Å². The van der Waals surface area contributed by atoms with E-state index in [1.54, 1.807) is 0 Å². The number of hydrogen-bond donors (Lipinski definition) is 0. The second-order valence-corrected chi connectivity index (χ2v) is 12.8. The Kier molecular flexibility index (Phi) is 27.4. The van der Waals surface area contributed by atoms with Crippen molar-refractivity contribution in [1.29, 1.82) is 0 Å². The fourth-order valence-corrected chi connectivity index (χ4v) is 4.64. The standard InChI is InChI=1S/2C6H15P.C4H5F3O3S.Pd/c2*1-4-7(5-2)6-3;1-2-3-10-11(8,9)4(5,6)7;/h2*4-6H2,1-3H3;2H,1,3H2;. The minimum Gasteiger partial charge on any atom is -0.259 e. The van der Waals surface area contributed by atoms with Gasteiger partial charge in [-0.25, -0.2) is 0 Å². The van der Waals surface area contributed by atoms with Crippen LogP contribution < -0.4 is 0 Å². The smallest absolute Gasteiger partial charge is 0.259 e. The normalized spacial score (nSPS) is 11.0. The summed E-state index contributed by atoms with van der Waals surface area (Å²) in [6.45, 7) is 16.1. The van der Waals surface area contributed by atoms with E-state index >= 15 is 0 Å². The molecule has 3 nitrogen and oxygen atoms in total. The van der Waals surface area contributed by atoms with Gasteiger partial charge in [-0.1, -0.05) is 47.6 Å². The van der Waals surface area contributed by atoms with E-state index < -0.39 is 22.2 Å². The third kappa shape index (κ3) is 19.7. The molecule has 0 aliphatic rings. The Balaban J connectivity index is -0.000000143. The molecule has 0 unspecified atom stereocenters. The van der Waals surface area contributed by atoms with E-state index in [2.05, 4.69) is 52.3 Å². The first-order valence-electron chi connectivity index (χ1n) is 8.52. The first kappa shape index (κ1) is 34.5. The molecule has 0 heterocycles. The Labute approximate surface area is 175 Å². The summed E-state index contributed by atoms with van der Waals surface area (Å²) in [6, 6.07) is 0. The molecule has 26 heavy (non-hydrogen) atoms. The van der Waals surface area contributed by atoms with Crippen molar-refractivity contribution >= 4 is 26.0 Å². The summed E-state index contributed by atoms with van der Waals surface area (Å²) < 4.78 is 57.7. The van der Waals surface area contributed by atoms with E-state index in [-0.39, 0.29) is 20.4 Å². The summed E-state index contributed by atoms with van der Waals surface area (Å²) in [5, 5.41) is 0. The molecular weight excluding hydrogens is 498 g/mol. The Morgan fingerprint density at radius 2 is 1.12 bits per heavy atom. The largest absolute Gasteiger partial charge is 0.523 e. The van der Waals surface area contributed by atoms with Crippen molar-refractivity contribution in [3.05, 3.63) is 12.7 Å². The quantitative estimate of drug-likeness (QED) is 0.119. The first-order valence-corrected chi connectivity index (χ1v) is 13.7. The van der Waals surface area contributed by atoms with E-state index in [1.807, 2.05) is 0 Å². The third-order valence-corrected chi connectivity index (χ3v) is 9.69. The third-order valence-electron chi connectivity index (χ3n) is 3.31. The van der Waals surface area contributed by atoms with Crippen LogP contribution in [0.15, 0.2) is 12.7 Å². The Morgan fingerprint density at radius 3 is 1.23 bits per heavy atom. The van der Waals surface area contributed by atoms with Crippen molar-refractivity contribution in [2.75, 3.05) is 43.6 Å². The van der Waals surface area contributed by atoms with Gasteiger partial charge in [0.2, 0.25) is 0 Å². The predicted octanol–water partition coefficient (Wildman–Crippen LogP) is 6.09. The van der Waals surface area contributed by atoms with Crippen molar-refractivity contribution < 1.29 is 46.2 Å². The summed E-state index contributed by atoms with van der Waals surface area (Å²) in [5.41, 5.74) is -5.35. The maximum Gasteiger partial charge on any atom is 0.523 e. The Bertz CT molecular complexity index is 377. The van der Waals surface area contributed by atoms with Gasteiger partial charge in [0.15, 0.2) is 0 Å². The minimum absolute atomic E-state index is 0. The molecule has 0 saturated heterocycles. The van der Waals surface area contributed by atoms with Crippen LogP contribution in [0.1, 0.15) is 41.5 Å². The average Bonchev–Trinajstić information content (AvgIpc) is 2.56. The van der Waals surface area contributed by atoms with E-state index in [9.17, 15) is 21.6 Å². The number of hydrogen-bond acceptors (Lipinski definition) is 3. The molecule has 10 heteroatoms. The number of rotatable bonds is 9. The van der Waals surface area contributed by atoms with Crippen LogP contribution in [0.5, 0.6) is 0 Å². The van der Waals surface area contributed by atoms with Gasteiger partial charge in [0.05, 0.1) is 6.61 Å². The SMILES string of the molecule is C=CCOS(=O)(=O)C(F)(F)F.CCP(CC)CC.CCP(CC)CC.[Pd]. The molecule has 0 fully saturated rings. The van der Waals surface area contributed by atoms with Crippen LogP contribution in [0.2, 0.25) is 0 Å². The van der Waals surface area contributed by atoms with Crippen LogP contribution in [-0.4, -0.2) is 57.5 Å². The molecule has 0 aromatic heterocycles. The Hall–Kier alpha value is 0.962. The van der Waals surface area contributed by atoms with Gasteiger partial charge < -0.3 is 0 Å². The van der Waals surface area contributed by atoms with Gasteiger partial charge in [-0.3, -0.25) is 4.18 Å². The summed E-state index contributed by atoms with van der Waals surface area (Å²) >= 11 is 0. The van der Waals surface area contributed by atoms with Crippen LogP contribution in [0.3, 0.4) is 0 Å². The maximum absolute atomic E-state index is 11.4. The topological polar surface area (TPSA) is 43.4 Å². The molecule has 164 valence electrons. The molecule has 0 saturated carbocycles. The van der Waals surface area contributed by atoms with Crippen molar-refractivity contribution in [3.8, 4) is 0 Å². The molecule has 0 amide bonds. The number of alkyl halides is 3. The van der Waals surface area contributed by atoms with Gasteiger partial charge >= 0.3 is 15.6 Å². The van der Waals surface area contributed by atoms with Crippen LogP contribution >= 0.6 is 15.8 Å². The van der Waals surface area contributed by atoms with Gasteiger partial charge in [0, 0.05) is 20.4 Å². The van der Waals surface area contributed by atoms with E-state index in [1.165, 1.54) is 37.0 Å². The zero-order valence-corrected chi connectivity index (χ0v) is 20.9. The summed E-state index contributed by atoms with van der Waals surface area (Å²) in [7, 11) is -4.54. The van der Waals surface area contributed by atoms with Crippen molar-refractivity contribution in [1.82, 2.24) is 0 Å². The van der Waals surface area contributed by atoms with Gasteiger partial charge in [0.1, 0.15) is 0 Å². The van der Waals surface area contributed by atoms with Gasteiger partial charge in [0.25, 0.3) is 0 Å². The second-order valence-electron chi connectivity index (χ2n) is 4.71. The first-order chi connectivity index (χ1) is 11.5. The van der Waals surface area contributed by atoms with Crippen molar-refractivity contribution in [2.45, 2.75) is 47.1 Å². The molecular formula is C16H35F3O3P2PdS. The van der Waals surface area contributed by atoms with Crippen LogP contribution in [0.4, 0.5) is 13.2 Å². The summed E-state index contributed by atoms with van der Waals surface area (Å²) in [4.78, 5) is 0. The fourth-order valence-electron chi connectivity index (χ4n) is 1.55. The molecule has 0 radical (unpaired) electrons. The van der Waals surface area contributed by atoms with Crippen molar-refractivity contribution in [2.24, 2.45) is 0 Å². The van der Waals surface area contributed by atoms with Gasteiger partial charge in [-0.2, -0.15) is 21.6 Å². The Morgan fingerprint density at radius 1 is 0.846 bits per heavy atom. The predicted molar refractivity (Wildman–Crippen MR) is 108 cm³/mol. The number of halogens is 3. The molecule has 0 bridgehead atoms.